The van der Waals surface area contributed by atoms with Crippen molar-refractivity contribution in [3.05, 3.63) is 29.3 Å². The third-order valence-electron chi connectivity index (χ3n) is 2.98. The fraction of sp³-hybridized carbons (Fsp3) is 0.600. The average molecular weight is 236 g/mol. The van der Waals surface area contributed by atoms with Crippen LogP contribution in [0, 0.1) is 0 Å². The van der Waals surface area contributed by atoms with Crippen LogP contribution in [0.2, 0.25) is 0 Å². The molecule has 0 aliphatic carbocycles. The van der Waals surface area contributed by atoms with Crippen LogP contribution in [0.25, 0.3) is 0 Å². The molecule has 17 heavy (non-hydrogen) atoms. The highest BCUT2D eigenvalue weighted by Crippen LogP contribution is 2.26. The monoisotopic (exact) mass is 236 g/mol. The van der Waals surface area contributed by atoms with Gasteiger partial charge in [0.15, 0.2) is 0 Å². The van der Waals surface area contributed by atoms with Crippen molar-refractivity contribution in [1.29, 1.82) is 0 Å². The summed E-state index contributed by atoms with van der Waals surface area (Å²) in [6, 6.07) is 6.36. The molecule has 1 N–H and O–H groups in total. The molecule has 0 unspecified atom stereocenters. The van der Waals surface area contributed by atoms with Crippen LogP contribution >= 0.6 is 0 Å². The van der Waals surface area contributed by atoms with Crippen molar-refractivity contribution in [3.8, 4) is 5.75 Å². The van der Waals surface area contributed by atoms with Crippen LogP contribution in [0.3, 0.4) is 0 Å². The standard InChI is InChI=1S/C15H24O2/c1-11(2)13-7-6-12(14(10-13)17-5)8-9-15(3,4)16/h6-7,10-11,16H,8-9H2,1-5H3. The van der Waals surface area contributed by atoms with Gasteiger partial charge in [-0.2, -0.15) is 0 Å². The van der Waals surface area contributed by atoms with Gasteiger partial charge in [-0.15, -0.1) is 0 Å². The van der Waals surface area contributed by atoms with Crippen molar-refractivity contribution >= 4 is 0 Å². The normalized spacial score (nSPS) is 11.9. The summed E-state index contributed by atoms with van der Waals surface area (Å²) >= 11 is 0. The fourth-order valence-electron chi connectivity index (χ4n) is 1.77. The van der Waals surface area contributed by atoms with Crippen molar-refractivity contribution in [3.63, 3.8) is 0 Å². The number of rotatable bonds is 5. The summed E-state index contributed by atoms with van der Waals surface area (Å²) in [5.74, 6) is 1.44. The first kappa shape index (κ1) is 14.0. The summed E-state index contributed by atoms with van der Waals surface area (Å²) in [5.41, 5.74) is 1.83. The molecule has 0 heterocycles. The molecule has 0 atom stereocenters. The first-order valence-corrected chi connectivity index (χ1v) is 6.22. The van der Waals surface area contributed by atoms with Gasteiger partial charge in [-0.05, 0) is 49.8 Å². The van der Waals surface area contributed by atoms with Crippen molar-refractivity contribution in [2.24, 2.45) is 0 Å². The summed E-state index contributed by atoms with van der Waals surface area (Å²) in [6.45, 7) is 8.01. The zero-order valence-electron chi connectivity index (χ0n) is 11.6. The molecule has 1 aromatic rings. The summed E-state index contributed by atoms with van der Waals surface area (Å²) in [6.07, 6.45) is 1.58. The van der Waals surface area contributed by atoms with E-state index < -0.39 is 5.60 Å². The van der Waals surface area contributed by atoms with E-state index in [2.05, 4.69) is 32.0 Å². The maximum atomic E-state index is 9.74. The van der Waals surface area contributed by atoms with Gasteiger partial charge in [0, 0.05) is 0 Å². The quantitative estimate of drug-likeness (QED) is 0.847. The van der Waals surface area contributed by atoms with E-state index in [1.165, 1.54) is 11.1 Å². The van der Waals surface area contributed by atoms with Crippen LogP contribution in [0.15, 0.2) is 18.2 Å². The molecule has 0 saturated heterocycles. The van der Waals surface area contributed by atoms with E-state index >= 15 is 0 Å². The van der Waals surface area contributed by atoms with Gasteiger partial charge in [0.1, 0.15) is 5.75 Å². The summed E-state index contributed by atoms with van der Waals surface area (Å²) in [4.78, 5) is 0. The maximum absolute atomic E-state index is 9.74. The van der Waals surface area contributed by atoms with Crippen LogP contribution in [0.5, 0.6) is 5.75 Å². The third-order valence-corrected chi connectivity index (χ3v) is 2.98. The molecule has 0 aliphatic rings. The Balaban J connectivity index is 2.86. The molecule has 1 rings (SSSR count). The van der Waals surface area contributed by atoms with Crippen LogP contribution < -0.4 is 4.74 Å². The van der Waals surface area contributed by atoms with Crippen molar-refractivity contribution in [1.82, 2.24) is 0 Å². The second kappa shape index (κ2) is 5.54. The van der Waals surface area contributed by atoms with Gasteiger partial charge < -0.3 is 9.84 Å². The minimum atomic E-state index is -0.623. The number of methoxy groups -OCH3 is 1. The second-order valence-electron chi connectivity index (χ2n) is 5.54. The Bertz CT molecular complexity index is 362. The topological polar surface area (TPSA) is 29.5 Å². The highest BCUT2D eigenvalue weighted by atomic mass is 16.5. The lowest BCUT2D eigenvalue weighted by molar-refractivity contribution is 0.0712. The molecule has 0 spiro atoms. The third kappa shape index (κ3) is 4.39. The van der Waals surface area contributed by atoms with Gasteiger partial charge in [0.05, 0.1) is 12.7 Å². The first-order valence-electron chi connectivity index (χ1n) is 6.22. The van der Waals surface area contributed by atoms with Crippen molar-refractivity contribution in [2.75, 3.05) is 7.11 Å². The van der Waals surface area contributed by atoms with Crippen LogP contribution in [-0.2, 0) is 6.42 Å². The first-order chi connectivity index (χ1) is 7.83. The lowest BCUT2D eigenvalue weighted by Gasteiger charge is -2.18. The van der Waals surface area contributed by atoms with E-state index in [-0.39, 0.29) is 0 Å². The number of hydrogen-bond acceptors (Lipinski definition) is 2. The molecule has 0 radical (unpaired) electrons. The zero-order chi connectivity index (χ0) is 13.1. The molecule has 0 aromatic heterocycles. The van der Waals surface area contributed by atoms with E-state index in [0.29, 0.717) is 5.92 Å². The molecule has 2 heteroatoms. The minimum Gasteiger partial charge on any atom is -0.496 e. The molecule has 0 bridgehead atoms. The van der Waals surface area contributed by atoms with Gasteiger partial charge in [-0.1, -0.05) is 26.0 Å². The van der Waals surface area contributed by atoms with Gasteiger partial charge in [0.2, 0.25) is 0 Å². The number of hydrogen-bond donors (Lipinski definition) is 1. The Kier molecular flexibility index (Phi) is 4.58. The lowest BCUT2D eigenvalue weighted by atomic mass is 9.95. The van der Waals surface area contributed by atoms with E-state index in [1.807, 2.05) is 13.8 Å². The molecule has 0 aliphatic heterocycles. The number of benzene rings is 1. The number of ether oxygens (including phenoxy) is 1. The van der Waals surface area contributed by atoms with Crippen LogP contribution in [-0.4, -0.2) is 17.8 Å². The van der Waals surface area contributed by atoms with Crippen molar-refractivity contribution < 1.29 is 9.84 Å². The molecule has 0 amide bonds. The summed E-state index contributed by atoms with van der Waals surface area (Å²) in [5, 5.41) is 9.74. The van der Waals surface area contributed by atoms with E-state index in [0.717, 1.165) is 18.6 Å². The Morgan fingerprint density at radius 1 is 1.29 bits per heavy atom. The molecule has 0 fully saturated rings. The number of aryl methyl sites for hydroxylation is 1. The fourth-order valence-corrected chi connectivity index (χ4v) is 1.77. The van der Waals surface area contributed by atoms with Crippen LogP contribution in [0.4, 0.5) is 0 Å². The van der Waals surface area contributed by atoms with E-state index in [1.54, 1.807) is 7.11 Å². The van der Waals surface area contributed by atoms with Gasteiger partial charge in [-0.25, -0.2) is 0 Å². The second-order valence-corrected chi connectivity index (χ2v) is 5.54. The Labute approximate surface area is 105 Å². The van der Waals surface area contributed by atoms with Crippen molar-refractivity contribution in [2.45, 2.75) is 52.1 Å². The smallest absolute Gasteiger partial charge is 0.122 e. The molecule has 96 valence electrons. The maximum Gasteiger partial charge on any atom is 0.122 e. The Hall–Kier alpha value is -1.02. The molecular weight excluding hydrogens is 212 g/mol. The molecule has 1 aromatic carbocycles. The van der Waals surface area contributed by atoms with Gasteiger partial charge >= 0.3 is 0 Å². The largest absolute Gasteiger partial charge is 0.496 e. The predicted octanol–water partition coefficient (Wildman–Crippen LogP) is 3.52. The minimum absolute atomic E-state index is 0.507. The Morgan fingerprint density at radius 3 is 2.41 bits per heavy atom. The molecule has 0 saturated carbocycles. The SMILES string of the molecule is COc1cc(C(C)C)ccc1CCC(C)(C)O. The lowest BCUT2D eigenvalue weighted by Crippen LogP contribution is -2.19. The highest BCUT2D eigenvalue weighted by molar-refractivity contribution is 5.38. The number of aliphatic hydroxyl groups is 1. The molecule has 2 nitrogen and oxygen atoms in total. The average Bonchev–Trinajstić information content (AvgIpc) is 2.24. The van der Waals surface area contributed by atoms with Crippen LogP contribution in [0.1, 0.15) is 51.2 Å². The van der Waals surface area contributed by atoms with E-state index in [4.69, 9.17) is 4.74 Å². The highest BCUT2D eigenvalue weighted by Gasteiger charge is 2.14. The molecular formula is C15H24O2. The Morgan fingerprint density at radius 2 is 1.94 bits per heavy atom. The van der Waals surface area contributed by atoms with Gasteiger partial charge in [0.25, 0.3) is 0 Å². The van der Waals surface area contributed by atoms with E-state index in [9.17, 15) is 5.11 Å². The summed E-state index contributed by atoms with van der Waals surface area (Å²) < 4.78 is 5.42. The summed E-state index contributed by atoms with van der Waals surface area (Å²) in [7, 11) is 1.70. The predicted molar refractivity (Wildman–Crippen MR) is 71.7 cm³/mol. The zero-order valence-corrected chi connectivity index (χ0v) is 11.6. The van der Waals surface area contributed by atoms with Gasteiger partial charge in [-0.3, -0.25) is 0 Å².